The van der Waals surface area contributed by atoms with Gasteiger partial charge in [-0.05, 0) is 19.4 Å². The molecule has 1 aromatic heterocycles. The van der Waals surface area contributed by atoms with E-state index in [1.807, 2.05) is 6.07 Å². The maximum absolute atomic E-state index is 5.73. The Morgan fingerprint density at radius 3 is 3.25 bits per heavy atom. The van der Waals surface area contributed by atoms with Gasteiger partial charge >= 0.3 is 0 Å². The number of methoxy groups -OCH3 is 1. The molecule has 0 spiro atoms. The van der Waals surface area contributed by atoms with Crippen LogP contribution in [0.3, 0.4) is 0 Å². The zero-order valence-corrected chi connectivity index (χ0v) is 9.57. The molecule has 0 radical (unpaired) electrons. The molecule has 5 nitrogen and oxygen atoms in total. The second-order valence-corrected chi connectivity index (χ2v) is 4.00. The highest BCUT2D eigenvalue weighted by molar-refractivity contribution is 5.03. The second-order valence-electron chi connectivity index (χ2n) is 4.00. The summed E-state index contributed by atoms with van der Waals surface area (Å²) in [6.07, 6.45) is 2.60. The molecule has 90 valence electrons. The van der Waals surface area contributed by atoms with E-state index in [-0.39, 0.29) is 0 Å². The molecule has 1 unspecified atom stereocenters. The fraction of sp³-hybridized carbons (Fsp3) is 0.727. The van der Waals surface area contributed by atoms with Gasteiger partial charge in [0, 0.05) is 19.7 Å². The maximum Gasteiger partial charge on any atom is 0.162 e. The zero-order chi connectivity index (χ0) is 11.2. The zero-order valence-electron chi connectivity index (χ0n) is 9.57. The van der Waals surface area contributed by atoms with Crippen molar-refractivity contribution in [1.82, 2.24) is 10.5 Å². The molecule has 0 aromatic carbocycles. The van der Waals surface area contributed by atoms with Crippen molar-refractivity contribution >= 4 is 0 Å². The minimum Gasteiger partial charge on any atom is -0.377 e. The van der Waals surface area contributed by atoms with Crippen molar-refractivity contribution in [2.24, 2.45) is 0 Å². The van der Waals surface area contributed by atoms with Gasteiger partial charge in [-0.3, -0.25) is 0 Å². The van der Waals surface area contributed by atoms with Crippen molar-refractivity contribution in [3.05, 3.63) is 17.5 Å². The van der Waals surface area contributed by atoms with Crippen LogP contribution in [0.4, 0.5) is 0 Å². The van der Waals surface area contributed by atoms with E-state index >= 15 is 0 Å². The van der Waals surface area contributed by atoms with Gasteiger partial charge in [-0.1, -0.05) is 5.16 Å². The van der Waals surface area contributed by atoms with Gasteiger partial charge in [-0.2, -0.15) is 0 Å². The van der Waals surface area contributed by atoms with Crippen LogP contribution in [0.15, 0.2) is 10.6 Å². The molecule has 0 aliphatic carbocycles. The summed E-state index contributed by atoms with van der Waals surface area (Å²) in [5.74, 6) is 0.739. The third-order valence-electron chi connectivity index (χ3n) is 2.61. The molecule has 0 saturated carbocycles. The minimum atomic E-state index is 0.302. The predicted octanol–water partition coefficient (Wildman–Crippen LogP) is 1.09. The van der Waals surface area contributed by atoms with E-state index in [1.165, 1.54) is 6.42 Å². The Labute approximate surface area is 95.1 Å². The van der Waals surface area contributed by atoms with Crippen molar-refractivity contribution in [2.75, 3.05) is 20.2 Å². The van der Waals surface area contributed by atoms with Crippen LogP contribution in [-0.4, -0.2) is 31.5 Å². The number of hydrogen-bond donors (Lipinski definition) is 1. The van der Waals surface area contributed by atoms with Crippen molar-refractivity contribution in [1.29, 1.82) is 0 Å². The molecule has 2 rings (SSSR count). The molecule has 1 aliphatic heterocycles. The van der Waals surface area contributed by atoms with Crippen LogP contribution in [0.5, 0.6) is 0 Å². The predicted molar refractivity (Wildman–Crippen MR) is 57.9 cm³/mol. The average Bonchev–Trinajstić information content (AvgIpc) is 2.76. The highest BCUT2D eigenvalue weighted by atomic mass is 16.5. The third-order valence-corrected chi connectivity index (χ3v) is 2.61. The highest BCUT2D eigenvalue weighted by Gasteiger charge is 2.14. The molecular weight excluding hydrogens is 208 g/mol. The van der Waals surface area contributed by atoms with Crippen LogP contribution < -0.4 is 5.32 Å². The van der Waals surface area contributed by atoms with Crippen LogP contribution in [0.25, 0.3) is 0 Å². The summed E-state index contributed by atoms with van der Waals surface area (Å²) in [7, 11) is 1.63. The monoisotopic (exact) mass is 226 g/mol. The Morgan fingerprint density at radius 1 is 1.56 bits per heavy atom. The Kier molecular flexibility index (Phi) is 4.33. The van der Waals surface area contributed by atoms with Crippen molar-refractivity contribution in [3.63, 3.8) is 0 Å². The van der Waals surface area contributed by atoms with Crippen molar-refractivity contribution in [2.45, 2.75) is 32.2 Å². The van der Waals surface area contributed by atoms with Gasteiger partial charge in [-0.25, -0.2) is 0 Å². The Morgan fingerprint density at radius 2 is 2.50 bits per heavy atom. The first-order valence-electron chi connectivity index (χ1n) is 5.64. The molecule has 1 atom stereocenters. The van der Waals surface area contributed by atoms with Gasteiger partial charge in [-0.15, -0.1) is 0 Å². The summed E-state index contributed by atoms with van der Waals surface area (Å²) in [6.45, 7) is 3.00. The van der Waals surface area contributed by atoms with E-state index in [1.54, 1.807) is 7.11 Å². The molecule has 0 amide bonds. The molecule has 2 heterocycles. The average molecular weight is 226 g/mol. The summed E-state index contributed by atoms with van der Waals surface area (Å²) in [5, 5.41) is 7.23. The number of aromatic nitrogens is 1. The number of nitrogens with one attached hydrogen (secondary N) is 1. The first-order chi connectivity index (χ1) is 7.88. The molecule has 1 saturated heterocycles. The first kappa shape index (κ1) is 11.6. The first-order valence-corrected chi connectivity index (χ1v) is 5.64. The van der Waals surface area contributed by atoms with Gasteiger partial charge in [0.15, 0.2) is 5.76 Å². The van der Waals surface area contributed by atoms with E-state index in [4.69, 9.17) is 14.0 Å². The largest absolute Gasteiger partial charge is 0.377 e. The standard InChI is InChI=1S/C11H18N2O3/c1-14-8-11-5-9(13-16-11)7-15-10-3-2-4-12-6-10/h5,10,12H,2-4,6-8H2,1H3. The highest BCUT2D eigenvalue weighted by Crippen LogP contribution is 2.11. The van der Waals surface area contributed by atoms with E-state index in [9.17, 15) is 0 Å². The smallest absolute Gasteiger partial charge is 0.162 e. The summed E-state index contributed by atoms with van der Waals surface area (Å²) >= 11 is 0. The fourth-order valence-corrected chi connectivity index (χ4v) is 1.80. The SMILES string of the molecule is COCc1cc(COC2CCCNC2)no1. The number of hydrogen-bond acceptors (Lipinski definition) is 5. The summed E-state index contributed by atoms with van der Waals surface area (Å²) in [6, 6.07) is 1.87. The lowest BCUT2D eigenvalue weighted by Crippen LogP contribution is -2.35. The van der Waals surface area contributed by atoms with E-state index < -0.39 is 0 Å². The van der Waals surface area contributed by atoms with Crippen LogP contribution in [0, 0.1) is 0 Å². The summed E-state index contributed by atoms with van der Waals surface area (Å²) < 4.78 is 15.8. The van der Waals surface area contributed by atoms with E-state index in [0.29, 0.717) is 19.3 Å². The maximum atomic E-state index is 5.73. The summed E-state index contributed by atoms with van der Waals surface area (Å²) in [5.41, 5.74) is 0.831. The lowest BCUT2D eigenvalue weighted by Gasteiger charge is -2.22. The van der Waals surface area contributed by atoms with E-state index in [2.05, 4.69) is 10.5 Å². The molecule has 1 fully saturated rings. The van der Waals surface area contributed by atoms with Gasteiger partial charge < -0.3 is 19.3 Å². The minimum absolute atomic E-state index is 0.302. The van der Waals surface area contributed by atoms with Crippen molar-refractivity contribution in [3.8, 4) is 0 Å². The van der Waals surface area contributed by atoms with Gasteiger partial charge in [0.2, 0.25) is 0 Å². The molecular formula is C11H18N2O3. The number of rotatable bonds is 5. The number of piperidine rings is 1. The lowest BCUT2D eigenvalue weighted by molar-refractivity contribution is 0.0224. The molecule has 0 bridgehead atoms. The Balaban J connectivity index is 1.75. The number of nitrogens with zero attached hydrogens (tertiary/aromatic N) is 1. The Bertz CT molecular complexity index is 308. The van der Waals surface area contributed by atoms with Crippen LogP contribution >= 0.6 is 0 Å². The van der Waals surface area contributed by atoms with Gasteiger partial charge in [0.25, 0.3) is 0 Å². The van der Waals surface area contributed by atoms with Crippen molar-refractivity contribution < 1.29 is 14.0 Å². The quantitative estimate of drug-likeness (QED) is 0.814. The summed E-state index contributed by atoms with van der Waals surface area (Å²) in [4.78, 5) is 0. The Hall–Kier alpha value is -0.910. The molecule has 1 aromatic rings. The lowest BCUT2D eigenvalue weighted by atomic mass is 10.1. The molecule has 1 N–H and O–H groups in total. The van der Waals surface area contributed by atoms with Gasteiger partial charge in [0.1, 0.15) is 12.3 Å². The topological polar surface area (TPSA) is 56.5 Å². The molecule has 5 heteroatoms. The van der Waals surface area contributed by atoms with E-state index in [0.717, 1.165) is 31.0 Å². The van der Waals surface area contributed by atoms with Crippen LogP contribution in [0.2, 0.25) is 0 Å². The third kappa shape index (κ3) is 3.30. The molecule has 1 aliphatic rings. The number of ether oxygens (including phenoxy) is 2. The second kappa shape index (κ2) is 5.98. The van der Waals surface area contributed by atoms with Crippen LogP contribution in [0.1, 0.15) is 24.3 Å². The molecule has 16 heavy (non-hydrogen) atoms. The fourth-order valence-electron chi connectivity index (χ4n) is 1.80. The van der Waals surface area contributed by atoms with Gasteiger partial charge in [0.05, 0.1) is 12.7 Å². The normalized spacial score (nSPS) is 21.2. The van der Waals surface area contributed by atoms with Crippen LogP contribution in [-0.2, 0) is 22.7 Å².